The first-order valence-electron chi connectivity index (χ1n) is 10.2. The molecule has 4 rings (SSSR count). The van der Waals surface area contributed by atoms with Gasteiger partial charge in [-0.1, -0.05) is 58.4 Å². The number of benzene rings is 3. The second kappa shape index (κ2) is 9.96. The molecule has 4 nitrogen and oxygen atoms in total. The van der Waals surface area contributed by atoms with Gasteiger partial charge in [0.15, 0.2) is 0 Å². The highest BCUT2D eigenvalue weighted by molar-refractivity contribution is 14.1. The van der Waals surface area contributed by atoms with E-state index < -0.39 is 6.04 Å². The first kappa shape index (κ1) is 22.0. The van der Waals surface area contributed by atoms with Crippen LogP contribution in [-0.4, -0.2) is 29.3 Å². The average molecular weight is 589 g/mol. The highest BCUT2D eigenvalue weighted by atomic mass is 127. The third-order valence-electron chi connectivity index (χ3n) is 5.48. The number of hydrogen-bond acceptors (Lipinski definition) is 2. The number of para-hydroxylation sites is 1. The Hall–Kier alpha value is -2.19. The third kappa shape index (κ3) is 5.01. The summed E-state index contributed by atoms with van der Waals surface area (Å²) in [4.78, 5) is 30.5. The van der Waals surface area contributed by atoms with Crippen LogP contribution in [0.25, 0.3) is 0 Å². The molecule has 0 unspecified atom stereocenters. The highest BCUT2D eigenvalue weighted by Crippen LogP contribution is 2.29. The Morgan fingerprint density at radius 2 is 1.65 bits per heavy atom. The van der Waals surface area contributed by atoms with Crippen LogP contribution in [0.3, 0.4) is 0 Å². The smallest absolute Gasteiger partial charge is 0.254 e. The second-order valence-electron chi connectivity index (χ2n) is 7.52. The van der Waals surface area contributed by atoms with E-state index in [4.69, 9.17) is 0 Å². The molecule has 158 valence electrons. The fraction of sp³-hybridized carbons (Fsp3) is 0.200. The summed E-state index contributed by atoms with van der Waals surface area (Å²) in [5.41, 5.74) is 2.53. The van der Waals surface area contributed by atoms with Crippen LogP contribution in [0.5, 0.6) is 0 Å². The van der Waals surface area contributed by atoms with Gasteiger partial charge in [-0.15, -0.1) is 0 Å². The van der Waals surface area contributed by atoms with E-state index in [-0.39, 0.29) is 11.8 Å². The van der Waals surface area contributed by atoms with Gasteiger partial charge in [0.1, 0.15) is 6.04 Å². The molecule has 0 aromatic heterocycles. The molecule has 1 aliphatic heterocycles. The van der Waals surface area contributed by atoms with Crippen molar-refractivity contribution in [2.75, 3.05) is 11.4 Å². The molecule has 0 aliphatic carbocycles. The summed E-state index contributed by atoms with van der Waals surface area (Å²) in [5, 5.41) is 0. The molecule has 1 fully saturated rings. The summed E-state index contributed by atoms with van der Waals surface area (Å²) in [5.74, 6) is -0.114. The number of likely N-dealkylation sites (tertiary alicyclic amines) is 1. The van der Waals surface area contributed by atoms with E-state index in [1.54, 1.807) is 4.90 Å². The number of nitrogens with zero attached hydrogens (tertiary/aromatic N) is 2. The van der Waals surface area contributed by atoms with Gasteiger partial charge in [0.2, 0.25) is 5.91 Å². The lowest BCUT2D eigenvalue weighted by Gasteiger charge is -2.31. The van der Waals surface area contributed by atoms with Crippen molar-refractivity contribution in [2.24, 2.45) is 0 Å². The lowest BCUT2D eigenvalue weighted by Crippen LogP contribution is -2.48. The highest BCUT2D eigenvalue weighted by Gasteiger charge is 2.37. The monoisotopic (exact) mass is 588 g/mol. The Morgan fingerprint density at radius 3 is 2.35 bits per heavy atom. The molecular formula is C25H22BrIN2O2. The van der Waals surface area contributed by atoms with E-state index in [0.29, 0.717) is 25.1 Å². The molecule has 1 aliphatic rings. The average Bonchev–Trinajstić information content (AvgIpc) is 3.29. The summed E-state index contributed by atoms with van der Waals surface area (Å²) in [6.45, 7) is 1.05. The van der Waals surface area contributed by atoms with Gasteiger partial charge in [-0.3, -0.25) is 9.59 Å². The van der Waals surface area contributed by atoms with Gasteiger partial charge in [-0.2, -0.15) is 0 Å². The molecule has 0 N–H and O–H groups in total. The Labute approximate surface area is 204 Å². The first-order valence-corrected chi connectivity index (χ1v) is 12.1. The molecule has 0 radical (unpaired) electrons. The predicted molar refractivity (Wildman–Crippen MR) is 135 cm³/mol. The molecule has 0 bridgehead atoms. The van der Waals surface area contributed by atoms with E-state index in [2.05, 4.69) is 38.5 Å². The maximum absolute atomic E-state index is 13.8. The number of halogens is 2. The van der Waals surface area contributed by atoms with Crippen molar-refractivity contribution in [1.29, 1.82) is 0 Å². The van der Waals surface area contributed by atoms with Gasteiger partial charge in [0.05, 0.1) is 12.2 Å². The van der Waals surface area contributed by atoms with Crippen LogP contribution >= 0.6 is 38.5 Å². The standard InChI is InChI=1S/C25H22BrIN2O2/c26-20-14-12-18(13-15-20)17-29(22-10-5-4-9-21(22)27)25(31)23-11-6-16-28(23)24(30)19-7-2-1-3-8-19/h1-5,7-10,12-15,23H,6,11,16-17H2/t23-/m0/s1. The zero-order valence-corrected chi connectivity index (χ0v) is 20.6. The van der Waals surface area contributed by atoms with Gasteiger partial charge < -0.3 is 9.80 Å². The lowest BCUT2D eigenvalue weighted by molar-refractivity contribution is -0.122. The lowest BCUT2D eigenvalue weighted by atomic mass is 10.1. The van der Waals surface area contributed by atoms with E-state index in [9.17, 15) is 9.59 Å². The zero-order chi connectivity index (χ0) is 21.8. The van der Waals surface area contributed by atoms with Gasteiger partial charge in [0, 0.05) is 20.2 Å². The van der Waals surface area contributed by atoms with Crippen molar-refractivity contribution >= 4 is 56.0 Å². The number of carbonyl (C=O) groups is 2. The zero-order valence-electron chi connectivity index (χ0n) is 16.9. The van der Waals surface area contributed by atoms with E-state index >= 15 is 0 Å². The van der Waals surface area contributed by atoms with Crippen molar-refractivity contribution in [2.45, 2.75) is 25.4 Å². The number of amides is 2. The largest absolute Gasteiger partial charge is 0.327 e. The predicted octanol–water partition coefficient (Wildman–Crippen LogP) is 5.89. The minimum absolute atomic E-state index is 0.0335. The van der Waals surface area contributed by atoms with Crippen molar-refractivity contribution < 1.29 is 9.59 Å². The summed E-state index contributed by atoms with van der Waals surface area (Å²) >= 11 is 5.74. The van der Waals surface area contributed by atoms with Crippen LogP contribution in [0.2, 0.25) is 0 Å². The Kier molecular flexibility index (Phi) is 7.07. The Morgan fingerprint density at radius 1 is 0.968 bits per heavy atom. The molecule has 6 heteroatoms. The van der Waals surface area contributed by atoms with Crippen LogP contribution in [0.4, 0.5) is 5.69 Å². The van der Waals surface area contributed by atoms with Crippen molar-refractivity contribution in [3.05, 3.63) is 98.0 Å². The topological polar surface area (TPSA) is 40.6 Å². The summed E-state index contributed by atoms with van der Waals surface area (Å²) in [6.07, 6.45) is 1.50. The number of anilines is 1. The molecule has 0 spiro atoms. The molecule has 1 saturated heterocycles. The maximum atomic E-state index is 13.8. The van der Waals surface area contributed by atoms with Gasteiger partial charge in [-0.25, -0.2) is 0 Å². The van der Waals surface area contributed by atoms with Gasteiger partial charge in [-0.05, 0) is 77.4 Å². The fourth-order valence-corrected chi connectivity index (χ4v) is 4.86. The van der Waals surface area contributed by atoms with Crippen molar-refractivity contribution in [3.63, 3.8) is 0 Å². The van der Waals surface area contributed by atoms with E-state index in [1.807, 2.05) is 83.8 Å². The van der Waals surface area contributed by atoms with Crippen LogP contribution in [0.1, 0.15) is 28.8 Å². The summed E-state index contributed by atoms with van der Waals surface area (Å²) in [6, 6.07) is 24.6. The van der Waals surface area contributed by atoms with Crippen LogP contribution in [0, 0.1) is 3.57 Å². The fourth-order valence-electron chi connectivity index (χ4n) is 3.92. The van der Waals surface area contributed by atoms with Crippen molar-refractivity contribution in [3.8, 4) is 0 Å². The molecule has 3 aromatic rings. The molecule has 0 saturated carbocycles. The molecular weight excluding hydrogens is 567 g/mol. The second-order valence-corrected chi connectivity index (χ2v) is 9.60. The molecule has 2 amide bonds. The summed E-state index contributed by atoms with van der Waals surface area (Å²) in [7, 11) is 0. The third-order valence-corrected chi connectivity index (χ3v) is 6.92. The molecule has 1 heterocycles. The van der Waals surface area contributed by atoms with E-state index in [1.165, 1.54) is 0 Å². The normalized spacial score (nSPS) is 15.7. The molecule has 3 aromatic carbocycles. The molecule has 1 atom stereocenters. The molecule has 31 heavy (non-hydrogen) atoms. The Balaban J connectivity index is 1.65. The summed E-state index contributed by atoms with van der Waals surface area (Å²) < 4.78 is 2.00. The number of rotatable bonds is 5. The Bertz CT molecular complexity index is 1070. The SMILES string of the molecule is O=C([C@@H]1CCCN1C(=O)c1ccccc1)N(Cc1ccc(Br)cc1)c1ccccc1I. The van der Waals surface area contributed by atoms with E-state index in [0.717, 1.165) is 25.7 Å². The first-order chi connectivity index (χ1) is 15.0. The maximum Gasteiger partial charge on any atom is 0.254 e. The van der Waals surface area contributed by atoms with Crippen LogP contribution in [0.15, 0.2) is 83.3 Å². The minimum Gasteiger partial charge on any atom is -0.327 e. The van der Waals surface area contributed by atoms with Crippen LogP contribution < -0.4 is 4.90 Å². The minimum atomic E-state index is -0.459. The van der Waals surface area contributed by atoms with Crippen molar-refractivity contribution in [1.82, 2.24) is 4.90 Å². The van der Waals surface area contributed by atoms with Crippen LogP contribution in [-0.2, 0) is 11.3 Å². The quantitative estimate of drug-likeness (QED) is 0.349. The van der Waals surface area contributed by atoms with Gasteiger partial charge in [0.25, 0.3) is 5.91 Å². The number of carbonyl (C=O) groups excluding carboxylic acids is 2. The number of hydrogen-bond donors (Lipinski definition) is 0. The van der Waals surface area contributed by atoms with Gasteiger partial charge >= 0.3 is 0 Å².